The van der Waals surface area contributed by atoms with Crippen molar-refractivity contribution in [2.75, 3.05) is 13.6 Å². The van der Waals surface area contributed by atoms with E-state index in [0.29, 0.717) is 23.5 Å². The molecule has 2 heterocycles. The van der Waals surface area contributed by atoms with Crippen molar-refractivity contribution in [3.05, 3.63) is 89.4 Å². The van der Waals surface area contributed by atoms with Crippen LogP contribution in [0.3, 0.4) is 0 Å². The van der Waals surface area contributed by atoms with E-state index < -0.39 is 11.7 Å². The molecule has 4 rings (SSSR count). The third-order valence-electron chi connectivity index (χ3n) is 6.20. The second-order valence-corrected chi connectivity index (χ2v) is 8.80. The highest BCUT2D eigenvalue weighted by molar-refractivity contribution is 6.43. The number of aryl methyl sites for hydroxylation is 2. The number of para-hydroxylation sites is 1. The smallest absolute Gasteiger partial charge is 0.294 e. The second kappa shape index (κ2) is 11.0. The molecule has 0 bridgehead atoms. The fourth-order valence-electron chi connectivity index (χ4n) is 4.26. The predicted molar refractivity (Wildman–Crippen MR) is 137 cm³/mol. The van der Waals surface area contributed by atoms with E-state index in [4.69, 9.17) is 0 Å². The maximum Gasteiger partial charge on any atom is 0.294 e. The summed E-state index contributed by atoms with van der Waals surface area (Å²) in [6, 6.07) is 21.8. The standard InChI is InChI=1S/C28H31N5O2/c1-20-26(21(2)33(31-20)24-16-10-5-11-17-24)27(34)28(35)32(3)18-12-6-9-15-23-19-25(30-29-23)22-13-7-4-8-14-22/h4-5,7-8,10-11,13-14,16-17,19H,6,9,12,15,18H2,1-3H3,(H,29,30). The van der Waals surface area contributed by atoms with Crippen LogP contribution in [0, 0.1) is 13.8 Å². The van der Waals surface area contributed by atoms with E-state index in [2.05, 4.69) is 21.4 Å². The van der Waals surface area contributed by atoms with Crippen LogP contribution in [-0.4, -0.2) is 50.2 Å². The van der Waals surface area contributed by atoms with Gasteiger partial charge in [-0.25, -0.2) is 4.68 Å². The van der Waals surface area contributed by atoms with Gasteiger partial charge in [-0.05, 0) is 51.3 Å². The molecule has 1 amide bonds. The molecule has 4 aromatic rings. The van der Waals surface area contributed by atoms with Crippen LogP contribution in [0.2, 0.25) is 0 Å². The summed E-state index contributed by atoms with van der Waals surface area (Å²) in [5.74, 6) is -1.000. The number of amides is 1. The Bertz CT molecular complexity index is 1290. The van der Waals surface area contributed by atoms with Gasteiger partial charge in [-0.15, -0.1) is 0 Å². The topological polar surface area (TPSA) is 83.9 Å². The van der Waals surface area contributed by atoms with Crippen LogP contribution in [0.1, 0.15) is 46.7 Å². The van der Waals surface area contributed by atoms with Crippen LogP contribution >= 0.6 is 0 Å². The molecule has 0 saturated heterocycles. The highest BCUT2D eigenvalue weighted by Gasteiger charge is 2.27. The van der Waals surface area contributed by atoms with Gasteiger partial charge < -0.3 is 4.90 Å². The first-order valence-electron chi connectivity index (χ1n) is 12.0. The van der Waals surface area contributed by atoms with Crippen LogP contribution in [0.4, 0.5) is 0 Å². The molecule has 1 N–H and O–H groups in total. The molecule has 0 unspecified atom stereocenters. The van der Waals surface area contributed by atoms with Gasteiger partial charge in [-0.2, -0.15) is 10.2 Å². The van der Waals surface area contributed by atoms with Crippen LogP contribution in [-0.2, 0) is 11.2 Å². The lowest BCUT2D eigenvalue weighted by Crippen LogP contribution is -2.34. The number of likely N-dealkylation sites (N-methyl/N-ethyl adjacent to an activating group) is 1. The fourth-order valence-corrected chi connectivity index (χ4v) is 4.26. The van der Waals surface area contributed by atoms with Crippen molar-refractivity contribution >= 4 is 11.7 Å². The first kappa shape index (κ1) is 24.1. The molecule has 0 aliphatic rings. The average molecular weight is 470 g/mol. The van der Waals surface area contributed by atoms with Crippen molar-refractivity contribution in [3.63, 3.8) is 0 Å². The Balaban J connectivity index is 1.26. The normalized spacial score (nSPS) is 10.9. The zero-order chi connectivity index (χ0) is 24.8. The van der Waals surface area contributed by atoms with Crippen molar-refractivity contribution in [1.29, 1.82) is 0 Å². The van der Waals surface area contributed by atoms with E-state index >= 15 is 0 Å². The monoisotopic (exact) mass is 469 g/mol. The Morgan fingerprint density at radius 3 is 2.34 bits per heavy atom. The van der Waals surface area contributed by atoms with Gasteiger partial charge in [-0.3, -0.25) is 14.7 Å². The molecule has 7 heteroatoms. The third kappa shape index (κ3) is 5.57. The van der Waals surface area contributed by atoms with Crippen LogP contribution in [0.25, 0.3) is 16.9 Å². The van der Waals surface area contributed by atoms with Crippen LogP contribution in [0.15, 0.2) is 66.7 Å². The van der Waals surface area contributed by atoms with Gasteiger partial charge in [0.15, 0.2) is 0 Å². The number of nitrogens with one attached hydrogen (secondary N) is 1. The number of hydrogen-bond acceptors (Lipinski definition) is 4. The Hall–Kier alpha value is -4.00. The van der Waals surface area contributed by atoms with Gasteiger partial charge in [0.05, 0.1) is 28.3 Å². The molecular weight excluding hydrogens is 438 g/mol. The summed E-state index contributed by atoms with van der Waals surface area (Å²) in [7, 11) is 1.69. The van der Waals surface area contributed by atoms with Crippen molar-refractivity contribution in [1.82, 2.24) is 24.9 Å². The summed E-state index contributed by atoms with van der Waals surface area (Å²) in [6.45, 7) is 4.13. The number of nitrogens with zero attached hydrogens (tertiary/aromatic N) is 4. The molecule has 180 valence electrons. The molecule has 2 aromatic carbocycles. The van der Waals surface area contributed by atoms with Gasteiger partial charge in [0.2, 0.25) is 0 Å². The largest absolute Gasteiger partial charge is 0.339 e. The summed E-state index contributed by atoms with van der Waals surface area (Å²) < 4.78 is 1.72. The summed E-state index contributed by atoms with van der Waals surface area (Å²) in [5.41, 5.74) is 5.64. The fraction of sp³-hybridized carbons (Fsp3) is 0.286. The molecular formula is C28H31N5O2. The highest BCUT2D eigenvalue weighted by Crippen LogP contribution is 2.20. The van der Waals surface area contributed by atoms with Gasteiger partial charge in [0.1, 0.15) is 0 Å². The number of aromatic amines is 1. The summed E-state index contributed by atoms with van der Waals surface area (Å²) in [6.07, 6.45) is 3.66. The molecule has 0 aliphatic heterocycles. The number of aromatic nitrogens is 4. The minimum atomic E-state index is -0.504. The molecule has 0 fully saturated rings. The van der Waals surface area contributed by atoms with Gasteiger partial charge >= 0.3 is 0 Å². The van der Waals surface area contributed by atoms with E-state index in [1.54, 1.807) is 18.7 Å². The molecule has 0 spiro atoms. The van der Waals surface area contributed by atoms with Crippen molar-refractivity contribution in [2.24, 2.45) is 0 Å². The lowest BCUT2D eigenvalue weighted by atomic mass is 10.1. The van der Waals surface area contributed by atoms with Crippen LogP contribution in [0.5, 0.6) is 0 Å². The number of rotatable bonds is 10. The molecule has 0 saturated carbocycles. The van der Waals surface area contributed by atoms with E-state index in [1.165, 1.54) is 4.90 Å². The quantitative estimate of drug-likeness (QED) is 0.203. The molecule has 0 radical (unpaired) electrons. The van der Waals surface area contributed by atoms with Crippen molar-refractivity contribution < 1.29 is 9.59 Å². The van der Waals surface area contributed by atoms with Gasteiger partial charge in [0.25, 0.3) is 11.7 Å². The Morgan fingerprint density at radius 1 is 0.943 bits per heavy atom. The summed E-state index contributed by atoms with van der Waals surface area (Å²) in [4.78, 5) is 27.4. The van der Waals surface area contributed by atoms with Crippen molar-refractivity contribution in [3.8, 4) is 16.9 Å². The SMILES string of the molecule is Cc1nn(-c2ccccc2)c(C)c1C(=O)C(=O)N(C)CCCCCc1cc(-c2ccccc2)n[nH]1. The third-order valence-corrected chi connectivity index (χ3v) is 6.20. The number of carbonyl (C=O) groups excluding carboxylic acids is 2. The number of hydrogen-bond donors (Lipinski definition) is 1. The molecule has 0 aliphatic carbocycles. The predicted octanol–water partition coefficient (Wildman–Crippen LogP) is 4.93. The summed E-state index contributed by atoms with van der Waals surface area (Å²) >= 11 is 0. The number of unbranched alkanes of at least 4 members (excludes halogenated alkanes) is 2. The van der Waals surface area contributed by atoms with Gasteiger partial charge in [0, 0.05) is 24.8 Å². The van der Waals surface area contributed by atoms with Crippen molar-refractivity contribution in [2.45, 2.75) is 39.5 Å². The zero-order valence-corrected chi connectivity index (χ0v) is 20.5. The summed E-state index contributed by atoms with van der Waals surface area (Å²) in [5, 5.41) is 12.0. The molecule has 2 aromatic heterocycles. The lowest BCUT2D eigenvalue weighted by Gasteiger charge is -2.16. The van der Waals surface area contributed by atoms with E-state index in [0.717, 1.165) is 48.3 Å². The number of ketones is 1. The van der Waals surface area contributed by atoms with Crippen LogP contribution < -0.4 is 0 Å². The highest BCUT2D eigenvalue weighted by atomic mass is 16.2. The maximum absolute atomic E-state index is 13.0. The van der Waals surface area contributed by atoms with E-state index in [-0.39, 0.29) is 0 Å². The number of Topliss-reactive ketones (excluding diaryl/α,β-unsaturated/α-hetero) is 1. The Morgan fingerprint density at radius 2 is 1.63 bits per heavy atom. The minimum absolute atomic E-state index is 0.388. The van der Waals surface area contributed by atoms with E-state index in [1.807, 2.05) is 67.6 Å². The zero-order valence-electron chi connectivity index (χ0n) is 20.5. The number of H-pyrrole nitrogens is 1. The lowest BCUT2D eigenvalue weighted by molar-refractivity contribution is -0.125. The first-order valence-corrected chi connectivity index (χ1v) is 12.0. The maximum atomic E-state index is 13.0. The minimum Gasteiger partial charge on any atom is -0.339 e. The average Bonchev–Trinajstić information content (AvgIpc) is 3.47. The molecule has 7 nitrogen and oxygen atoms in total. The van der Waals surface area contributed by atoms with Gasteiger partial charge in [-0.1, -0.05) is 55.0 Å². The number of benzene rings is 2. The Kier molecular flexibility index (Phi) is 7.55. The first-order chi connectivity index (χ1) is 17.0. The number of carbonyl (C=O) groups is 2. The second-order valence-electron chi connectivity index (χ2n) is 8.80. The molecule has 0 atom stereocenters. The Labute approximate surface area is 205 Å². The molecule has 35 heavy (non-hydrogen) atoms. The van der Waals surface area contributed by atoms with E-state index in [9.17, 15) is 9.59 Å².